The quantitative estimate of drug-likeness (QED) is 0.727. The van der Waals surface area contributed by atoms with Crippen molar-refractivity contribution in [3.63, 3.8) is 0 Å². The maximum absolute atomic E-state index is 12.3. The van der Waals surface area contributed by atoms with Crippen molar-refractivity contribution in [2.45, 2.75) is 58.5 Å². The third-order valence-corrected chi connectivity index (χ3v) is 7.60. The molecule has 1 N–H and O–H groups in total. The average molecular weight is 432 g/mol. The summed E-state index contributed by atoms with van der Waals surface area (Å²) in [5.41, 5.74) is 0.916. The summed E-state index contributed by atoms with van der Waals surface area (Å²) in [6.45, 7) is 10.8. The van der Waals surface area contributed by atoms with Crippen molar-refractivity contribution in [2.24, 2.45) is 0 Å². The van der Waals surface area contributed by atoms with E-state index >= 15 is 0 Å². The number of esters is 1. The number of aryl methyl sites for hydroxylation is 2. The molecule has 0 amide bonds. The second-order valence-electron chi connectivity index (χ2n) is 8.57. The summed E-state index contributed by atoms with van der Waals surface area (Å²) in [7, 11) is 2.22. The zero-order valence-corrected chi connectivity index (χ0v) is 19.3. The zero-order valence-electron chi connectivity index (χ0n) is 18.5. The summed E-state index contributed by atoms with van der Waals surface area (Å²) in [6, 6.07) is 1.14. The minimum atomic E-state index is -0.270. The molecule has 2 aliphatic heterocycles. The van der Waals surface area contributed by atoms with Gasteiger partial charge in [0.05, 0.1) is 12.0 Å². The summed E-state index contributed by atoms with van der Waals surface area (Å²) < 4.78 is 5.23. The fourth-order valence-electron chi connectivity index (χ4n) is 4.70. The zero-order chi connectivity index (χ0) is 21.3. The molecule has 2 fully saturated rings. The average Bonchev–Trinajstić information content (AvgIpc) is 3.06. The van der Waals surface area contributed by atoms with Crippen molar-refractivity contribution in [1.29, 1.82) is 0 Å². The number of ether oxygens (including phenoxy) is 1. The molecule has 30 heavy (non-hydrogen) atoms. The van der Waals surface area contributed by atoms with Crippen LogP contribution in [-0.2, 0) is 4.74 Å². The van der Waals surface area contributed by atoms with Gasteiger partial charge in [-0.25, -0.2) is 14.8 Å². The molecule has 2 aromatic heterocycles. The Balaban J connectivity index is 1.47. The van der Waals surface area contributed by atoms with Gasteiger partial charge >= 0.3 is 5.97 Å². The third kappa shape index (κ3) is 4.45. The summed E-state index contributed by atoms with van der Waals surface area (Å²) in [6.07, 6.45) is 4.80. The molecular weight excluding hydrogens is 398 g/mol. The molecule has 2 aliphatic rings. The standard InChI is InChI=1S/C22H33N5O2S/c1-5-29-22(28)19-14(2)18-20(23-15(3)24-21(18)30-19)25-16-6-12-27(13-7-16)17-8-10-26(4)11-9-17/h16-17H,5-13H2,1-4H3,(H,23,24,25). The molecule has 0 bridgehead atoms. The number of piperidine rings is 2. The van der Waals surface area contributed by atoms with Crippen LogP contribution in [-0.4, -0.2) is 77.7 Å². The Morgan fingerprint density at radius 2 is 1.83 bits per heavy atom. The molecule has 0 spiro atoms. The number of hydrogen-bond acceptors (Lipinski definition) is 8. The lowest BCUT2D eigenvalue weighted by Gasteiger charge is -2.41. The number of anilines is 1. The van der Waals surface area contributed by atoms with Crippen molar-refractivity contribution >= 4 is 33.3 Å². The van der Waals surface area contributed by atoms with Crippen molar-refractivity contribution in [1.82, 2.24) is 19.8 Å². The van der Waals surface area contributed by atoms with E-state index < -0.39 is 0 Å². The first kappa shape index (κ1) is 21.5. The number of carbonyl (C=O) groups excluding carboxylic acids is 1. The molecule has 0 radical (unpaired) electrons. The van der Waals surface area contributed by atoms with Gasteiger partial charge in [0.2, 0.25) is 0 Å². The molecule has 8 heteroatoms. The van der Waals surface area contributed by atoms with E-state index in [0.717, 1.165) is 59.4 Å². The molecule has 7 nitrogen and oxygen atoms in total. The number of nitrogens with one attached hydrogen (secondary N) is 1. The molecule has 4 rings (SSSR count). The minimum Gasteiger partial charge on any atom is -0.462 e. The topological polar surface area (TPSA) is 70.6 Å². The Hall–Kier alpha value is -1.77. The second kappa shape index (κ2) is 9.16. The van der Waals surface area contributed by atoms with Gasteiger partial charge in [-0.2, -0.15) is 0 Å². The van der Waals surface area contributed by atoms with Crippen molar-refractivity contribution in [3.8, 4) is 0 Å². The van der Waals surface area contributed by atoms with Crippen LogP contribution in [0.4, 0.5) is 5.82 Å². The number of fused-ring (bicyclic) bond motifs is 1. The number of thiophene rings is 1. The molecule has 2 aromatic rings. The van der Waals surface area contributed by atoms with Crippen molar-refractivity contribution in [2.75, 3.05) is 45.2 Å². The van der Waals surface area contributed by atoms with E-state index in [0.29, 0.717) is 17.5 Å². The molecule has 164 valence electrons. The fraction of sp³-hybridized carbons (Fsp3) is 0.682. The van der Waals surface area contributed by atoms with Crippen LogP contribution in [0.25, 0.3) is 10.2 Å². The largest absolute Gasteiger partial charge is 0.462 e. The molecule has 0 aliphatic carbocycles. The Bertz CT molecular complexity index is 899. The highest BCUT2D eigenvalue weighted by Gasteiger charge is 2.28. The van der Waals surface area contributed by atoms with Gasteiger partial charge in [-0.05, 0) is 72.2 Å². The van der Waals surface area contributed by atoms with Gasteiger partial charge < -0.3 is 19.9 Å². The van der Waals surface area contributed by atoms with Gasteiger partial charge in [0.25, 0.3) is 0 Å². The Labute approximate surface area is 182 Å². The Kier molecular flexibility index (Phi) is 6.55. The van der Waals surface area contributed by atoms with Crippen LogP contribution in [0.2, 0.25) is 0 Å². The van der Waals surface area contributed by atoms with E-state index in [2.05, 4.69) is 27.1 Å². The highest BCUT2D eigenvalue weighted by molar-refractivity contribution is 7.20. The Morgan fingerprint density at radius 3 is 2.50 bits per heavy atom. The summed E-state index contributed by atoms with van der Waals surface area (Å²) in [4.78, 5) is 28.2. The van der Waals surface area contributed by atoms with Gasteiger partial charge in [0, 0.05) is 25.2 Å². The summed E-state index contributed by atoms with van der Waals surface area (Å²) >= 11 is 1.40. The van der Waals surface area contributed by atoms with Crippen LogP contribution in [0.1, 0.15) is 53.7 Å². The van der Waals surface area contributed by atoms with Gasteiger partial charge in [-0.1, -0.05) is 0 Å². The van der Waals surface area contributed by atoms with Crippen LogP contribution in [0.3, 0.4) is 0 Å². The van der Waals surface area contributed by atoms with E-state index in [9.17, 15) is 4.79 Å². The lowest BCUT2D eigenvalue weighted by molar-refractivity contribution is 0.0531. The van der Waals surface area contributed by atoms with E-state index in [1.807, 2.05) is 20.8 Å². The maximum Gasteiger partial charge on any atom is 0.348 e. The highest BCUT2D eigenvalue weighted by Crippen LogP contribution is 2.35. The number of aromatic nitrogens is 2. The van der Waals surface area contributed by atoms with Gasteiger partial charge in [0.15, 0.2) is 0 Å². The summed E-state index contributed by atoms with van der Waals surface area (Å²) in [5, 5.41) is 4.65. The van der Waals surface area contributed by atoms with Crippen LogP contribution >= 0.6 is 11.3 Å². The van der Waals surface area contributed by atoms with Crippen LogP contribution < -0.4 is 5.32 Å². The lowest BCUT2D eigenvalue weighted by atomic mass is 9.98. The van der Waals surface area contributed by atoms with E-state index in [4.69, 9.17) is 9.72 Å². The van der Waals surface area contributed by atoms with Gasteiger partial charge in [0.1, 0.15) is 21.3 Å². The molecule has 4 heterocycles. The first-order valence-electron chi connectivity index (χ1n) is 11.1. The highest BCUT2D eigenvalue weighted by atomic mass is 32.1. The van der Waals surface area contributed by atoms with Crippen molar-refractivity contribution < 1.29 is 9.53 Å². The van der Waals surface area contributed by atoms with Gasteiger partial charge in [-0.3, -0.25) is 0 Å². The predicted octanol–water partition coefficient (Wildman–Crippen LogP) is 3.46. The fourth-order valence-corrected chi connectivity index (χ4v) is 5.82. The molecule has 0 unspecified atom stereocenters. The van der Waals surface area contributed by atoms with E-state index in [1.54, 1.807) is 0 Å². The molecule has 0 saturated carbocycles. The van der Waals surface area contributed by atoms with E-state index in [-0.39, 0.29) is 5.97 Å². The normalized spacial score (nSPS) is 20.0. The van der Waals surface area contributed by atoms with Crippen molar-refractivity contribution in [3.05, 3.63) is 16.3 Å². The smallest absolute Gasteiger partial charge is 0.348 e. The second-order valence-corrected chi connectivity index (χ2v) is 9.56. The molecule has 0 atom stereocenters. The molecular formula is C22H33N5O2S. The first-order chi connectivity index (χ1) is 14.5. The van der Waals surface area contributed by atoms with Crippen LogP contribution in [0.15, 0.2) is 0 Å². The summed E-state index contributed by atoms with van der Waals surface area (Å²) in [5.74, 6) is 1.32. The SMILES string of the molecule is CCOC(=O)c1sc2nc(C)nc(NC3CCN(C4CCN(C)CC4)CC3)c2c1C. The first-order valence-corrected chi connectivity index (χ1v) is 11.9. The number of nitrogens with zero attached hydrogens (tertiary/aromatic N) is 4. The monoisotopic (exact) mass is 431 g/mol. The molecule has 2 saturated heterocycles. The van der Waals surface area contributed by atoms with Crippen LogP contribution in [0.5, 0.6) is 0 Å². The predicted molar refractivity (Wildman–Crippen MR) is 122 cm³/mol. The molecule has 0 aromatic carbocycles. The number of rotatable bonds is 5. The number of hydrogen-bond donors (Lipinski definition) is 1. The van der Waals surface area contributed by atoms with Crippen LogP contribution in [0, 0.1) is 13.8 Å². The lowest BCUT2D eigenvalue weighted by Crippen LogP contribution is -2.48. The van der Waals surface area contributed by atoms with Gasteiger partial charge in [-0.15, -0.1) is 11.3 Å². The minimum absolute atomic E-state index is 0.270. The third-order valence-electron chi connectivity index (χ3n) is 6.44. The number of carbonyl (C=O) groups is 1. The maximum atomic E-state index is 12.3. The van der Waals surface area contributed by atoms with E-state index in [1.165, 1.54) is 37.3 Å². The number of likely N-dealkylation sites (tertiary alicyclic amines) is 2. The Morgan fingerprint density at radius 1 is 1.13 bits per heavy atom.